The van der Waals surface area contributed by atoms with E-state index in [1.165, 1.54) is 13.8 Å². The molecule has 0 radical (unpaired) electrons. The predicted octanol–water partition coefficient (Wildman–Crippen LogP) is -3.50. The minimum atomic E-state index is -1.67. The first-order valence-corrected chi connectivity index (χ1v) is 6.96. The lowest BCUT2D eigenvalue weighted by Crippen LogP contribution is -2.37. The Bertz CT molecular complexity index is 393. The van der Waals surface area contributed by atoms with Crippen LogP contribution < -0.4 is 0 Å². The second-order valence-corrected chi connectivity index (χ2v) is 5.08. The van der Waals surface area contributed by atoms with Crippen LogP contribution in [-0.2, 0) is 19.2 Å². The number of hydrogen-bond acceptors (Lipinski definition) is 10. The quantitative estimate of drug-likeness (QED) is 0.215. The standard InChI is InChI=1S/2C7H12O5/c2*1-4(9)2-5(10)7(12)6(11)3-8/h2*6-8,11-12H,2-3H2,1H3. The lowest BCUT2D eigenvalue weighted by atomic mass is 10.1. The molecular formula is C14H24O10. The molecule has 10 heteroatoms. The summed E-state index contributed by atoms with van der Waals surface area (Å²) in [7, 11) is 0. The number of carbonyl (C=O) groups is 4. The van der Waals surface area contributed by atoms with Gasteiger partial charge in [-0.3, -0.25) is 19.2 Å². The molecule has 0 spiro atoms. The van der Waals surface area contributed by atoms with Crippen LogP contribution in [0.2, 0.25) is 0 Å². The number of carbonyl (C=O) groups excluding carboxylic acids is 4. The molecule has 140 valence electrons. The Morgan fingerprint density at radius 2 is 0.917 bits per heavy atom. The molecule has 0 aromatic carbocycles. The fourth-order valence-electron chi connectivity index (χ4n) is 1.33. The van der Waals surface area contributed by atoms with Gasteiger partial charge in [0.25, 0.3) is 0 Å². The van der Waals surface area contributed by atoms with Gasteiger partial charge in [0.2, 0.25) is 0 Å². The van der Waals surface area contributed by atoms with Crippen molar-refractivity contribution >= 4 is 23.1 Å². The molecule has 6 N–H and O–H groups in total. The van der Waals surface area contributed by atoms with Crippen molar-refractivity contribution in [1.29, 1.82) is 0 Å². The van der Waals surface area contributed by atoms with Gasteiger partial charge in [-0.05, 0) is 13.8 Å². The Hall–Kier alpha value is -1.56. The van der Waals surface area contributed by atoms with Crippen LogP contribution in [-0.4, -0.2) is 91.4 Å². The van der Waals surface area contributed by atoms with Crippen molar-refractivity contribution < 1.29 is 49.8 Å². The van der Waals surface area contributed by atoms with E-state index in [-0.39, 0.29) is 11.6 Å². The van der Waals surface area contributed by atoms with Crippen LogP contribution in [0, 0.1) is 0 Å². The third-order valence-corrected chi connectivity index (χ3v) is 2.61. The zero-order valence-corrected chi connectivity index (χ0v) is 13.5. The molecule has 0 aliphatic carbocycles. The lowest BCUT2D eigenvalue weighted by molar-refractivity contribution is -0.138. The van der Waals surface area contributed by atoms with E-state index in [9.17, 15) is 19.2 Å². The van der Waals surface area contributed by atoms with Crippen LogP contribution in [0.5, 0.6) is 0 Å². The Morgan fingerprint density at radius 1 is 0.667 bits per heavy atom. The van der Waals surface area contributed by atoms with Crippen LogP contribution >= 0.6 is 0 Å². The van der Waals surface area contributed by atoms with Crippen LogP contribution in [0.15, 0.2) is 0 Å². The van der Waals surface area contributed by atoms with Gasteiger partial charge in [-0.1, -0.05) is 0 Å². The number of Topliss-reactive ketones (excluding diaryl/α,β-unsaturated/α-hetero) is 4. The third kappa shape index (κ3) is 11.0. The molecular weight excluding hydrogens is 328 g/mol. The van der Waals surface area contributed by atoms with E-state index < -0.39 is 62.0 Å². The maximum absolute atomic E-state index is 10.8. The fourth-order valence-corrected chi connectivity index (χ4v) is 1.33. The van der Waals surface area contributed by atoms with Gasteiger partial charge in [0.15, 0.2) is 11.6 Å². The molecule has 4 unspecified atom stereocenters. The summed E-state index contributed by atoms with van der Waals surface area (Å²) in [6.45, 7) is 1.00. The van der Waals surface area contributed by atoms with Gasteiger partial charge >= 0.3 is 0 Å². The molecule has 0 fully saturated rings. The SMILES string of the molecule is CC(=O)CC(=O)C(O)C(O)CO.CC(=O)CC(=O)C(O)C(O)CO. The van der Waals surface area contributed by atoms with Crippen molar-refractivity contribution in [2.75, 3.05) is 13.2 Å². The van der Waals surface area contributed by atoms with E-state index in [1.54, 1.807) is 0 Å². The van der Waals surface area contributed by atoms with Crippen molar-refractivity contribution in [3.8, 4) is 0 Å². The van der Waals surface area contributed by atoms with Crippen molar-refractivity contribution in [2.24, 2.45) is 0 Å². The molecule has 4 atom stereocenters. The largest absolute Gasteiger partial charge is 0.394 e. The molecule has 0 amide bonds. The molecule has 0 rings (SSSR count). The first-order valence-electron chi connectivity index (χ1n) is 6.96. The van der Waals surface area contributed by atoms with E-state index >= 15 is 0 Å². The highest BCUT2D eigenvalue weighted by molar-refractivity contribution is 6.00. The Labute approximate surface area is 138 Å². The Balaban J connectivity index is 0. The average Bonchev–Trinajstić information content (AvgIpc) is 2.50. The van der Waals surface area contributed by atoms with Gasteiger partial charge in [0, 0.05) is 0 Å². The van der Waals surface area contributed by atoms with E-state index in [1.807, 2.05) is 0 Å². The Morgan fingerprint density at radius 3 is 1.08 bits per heavy atom. The monoisotopic (exact) mass is 352 g/mol. The first kappa shape index (κ1) is 24.7. The smallest absolute Gasteiger partial charge is 0.171 e. The van der Waals surface area contributed by atoms with Gasteiger partial charge in [-0.2, -0.15) is 0 Å². The van der Waals surface area contributed by atoms with E-state index in [4.69, 9.17) is 30.6 Å². The molecule has 0 aliphatic rings. The summed E-state index contributed by atoms with van der Waals surface area (Å²) in [5.41, 5.74) is 0. The van der Waals surface area contributed by atoms with Crippen LogP contribution in [0.1, 0.15) is 26.7 Å². The molecule has 24 heavy (non-hydrogen) atoms. The number of aliphatic hydroxyl groups is 6. The first-order chi connectivity index (χ1) is 11.0. The number of ketones is 4. The highest BCUT2D eigenvalue weighted by atomic mass is 16.4. The van der Waals surface area contributed by atoms with Crippen LogP contribution in [0.4, 0.5) is 0 Å². The second kappa shape index (κ2) is 12.8. The van der Waals surface area contributed by atoms with Crippen molar-refractivity contribution in [2.45, 2.75) is 51.1 Å². The maximum atomic E-state index is 10.8. The summed E-state index contributed by atoms with van der Waals surface area (Å²) >= 11 is 0. The molecule has 0 saturated heterocycles. The second-order valence-electron chi connectivity index (χ2n) is 5.08. The zero-order chi connectivity index (χ0) is 19.4. The van der Waals surface area contributed by atoms with Gasteiger partial charge in [-0.25, -0.2) is 0 Å². The summed E-state index contributed by atoms with van der Waals surface area (Å²) in [6.07, 6.45) is -7.18. The van der Waals surface area contributed by atoms with Crippen LogP contribution in [0.25, 0.3) is 0 Å². The van der Waals surface area contributed by atoms with E-state index in [2.05, 4.69) is 0 Å². The summed E-state index contributed by atoms with van der Waals surface area (Å²) in [4.78, 5) is 42.4. The van der Waals surface area contributed by atoms with E-state index in [0.717, 1.165) is 0 Å². The zero-order valence-electron chi connectivity index (χ0n) is 13.5. The van der Waals surface area contributed by atoms with Crippen molar-refractivity contribution in [3.63, 3.8) is 0 Å². The summed E-state index contributed by atoms with van der Waals surface area (Å²) in [5.74, 6) is -2.32. The normalized spacial score (nSPS) is 15.3. The number of aliphatic hydroxyl groups excluding tert-OH is 6. The molecule has 0 saturated carbocycles. The molecule has 0 aromatic heterocycles. The van der Waals surface area contributed by atoms with Gasteiger partial charge < -0.3 is 30.6 Å². The Kier molecular flexibility index (Phi) is 13.2. The molecule has 0 aromatic rings. The minimum absolute atomic E-state index is 0.385. The molecule has 0 bridgehead atoms. The average molecular weight is 352 g/mol. The van der Waals surface area contributed by atoms with Crippen molar-refractivity contribution in [1.82, 2.24) is 0 Å². The topological polar surface area (TPSA) is 190 Å². The van der Waals surface area contributed by atoms with Crippen molar-refractivity contribution in [3.05, 3.63) is 0 Å². The maximum Gasteiger partial charge on any atom is 0.171 e. The number of hydrogen-bond donors (Lipinski definition) is 6. The fraction of sp³-hybridized carbons (Fsp3) is 0.714. The summed E-state index contributed by atoms with van der Waals surface area (Å²) < 4.78 is 0. The third-order valence-electron chi connectivity index (χ3n) is 2.61. The summed E-state index contributed by atoms with van der Waals surface area (Å²) in [6, 6.07) is 0. The van der Waals surface area contributed by atoms with Gasteiger partial charge in [0.1, 0.15) is 36.0 Å². The minimum Gasteiger partial charge on any atom is -0.394 e. The van der Waals surface area contributed by atoms with E-state index in [0.29, 0.717) is 0 Å². The number of rotatable bonds is 10. The molecule has 0 aliphatic heterocycles. The summed E-state index contributed by atoms with van der Waals surface area (Å²) in [5, 5.41) is 52.1. The van der Waals surface area contributed by atoms with Crippen LogP contribution in [0.3, 0.4) is 0 Å². The highest BCUT2D eigenvalue weighted by Gasteiger charge is 2.24. The van der Waals surface area contributed by atoms with Gasteiger partial charge in [0.05, 0.1) is 26.1 Å². The highest BCUT2D eigenvalue weighted by Crippen LogP contribution is 1.99. The lowest BCUT2D eigenvalue weighted by Gasteiger charge is -2.12. The molecule has 0 heterocycles. The van der Waals surface area contributed by atoms with Gasteiger partial charge in [-0.15, -0.1) is 0 Å². The molecule has 10 nitrogen and oxygen atoms in total. The predicted molar refractivity (Wildman–Crippen MR) is 78.8 cm³/mol.